The molecule has 4 rings (SSSR count). The number of hydrogen-bond acceptors (Lipinski definition) is 2. The van der Waals surface area contributed by atoms with Crippen LogP contribution in [-0.4, -0.2) is 25.8 Å². The van der Waals surface area contributed by atoms with Gasteiger partial charge >= 0.3 is 0 Å². The first-order chi connectivity index (χ1) is 12.5. The number of rotatable bonds is 3. The average Bonchev–Trinajstić information content (AvgIpc) is 3.05. The highest BCUT2D eigenvalue weighted by molar-refractivity contribution is 7.89. The highest BCUT2D eigenvalue weighted by atomic mass is 32.2. The van der Waals surface area contributed by atoms with Gasteiger partial charge in [-0.2, -0.15) is 4.31 Å². The fraction of sp³-hybridized carbons (Fsp3) is 0.364. The summed E-state index contributed by atoms with van der Waals surface area (Å²) in [7, 11) is -3.40. The Hall–Kier alpha value is -1.91. The van der Waals surface area contributed by atoms with Gasteiger partial charge in [-0.25, -0.2) is 8.42 Å². The largest absolute Gasteiger partial charge is 0.243 e. The molecular formula is C22H25NO2S. The third kappa shape index (κ3) is 3.01. The Morgan fingerprint density at radius 1 is 1.00 bits per heavy atom. The van der Waals surface area contributed by atoms with Gasteiger partial charge in [-0.15, -0.1) is 0 Å². The molecule has 26 heavy (non-hydrogen) atoms. The Morgan fingerprint density at radius 2 is 1.73 bits per heavy atom. The lowest BCUT2D eigenvalue weighted by atomic mass is 9.87. The number of hydrogen-bond donors (Lipinski definition) is 0. The van der Waals surface area contributed by atoms with E-state index in [1.807, 2.05) is 26.0 Å². The highest BCUT2D eigenvalue weighted by Crippen LogP contribution is 2.38. The van der Waals surface area contributed by atoms with Gasteiger partial charge in [0.2, 0.25) is 10.0 Å². The molecule has 0 aromatic heterocycles. The summed E-state index contributed by atoms with van der Waals surface area (Å²) in [6.45, 7) is 5.06. The van der Waals surface area contributed by atoms with Crippen LogP contribution in [0.15, 0.2) is 53.4 Å². The SMILES string of the molecule is Cc1ccc(S(=O)(=O)N2CCC(C3=CCc4ccccc43)CC2)c(C)c1. The van der Waals surface area contributed by atoms with E-state index < -0.39 is 10.0 Å². The molecule has 0 atom stereocenters. The molecule has 4 heteroatoms. The van der Waals surface area contributed by atoms with E-state index in [2.05, 4.69) is 30.3 Å². The summed E-state index contributed by atoms with van der Waals surface area (Å²) in [5, 5.41) is 0. The van der Waals surface area contributed by atoms with E-state index in [1.165, 1.54) is 16.7 Å². The number of allylic oxidation sites excluding steroid dienone is 2. The predicted octanol–water partition coefficient (Wildman–Crippen LogP) is 4.34. The van der Waals surface area contributed by atoms with E-state index in [0.717, 1.165) is 30.4 Å². The van der Waals surface area contributed by atoms with Gasteiger partial charge in [0.25, 0.3) is 0 Å². The lowest BCUT2D eigenvalue weighted by molar-refractivity contribution is 0.311. The van der Waals surface area contributed by atoms with Crippen LogP contribution >= 0.6 is 0 Å². The summed E-state index contributed by atoms with van der Waals surface area (Å²) in [4.78, 5) is 0.451. The van der Waals surface area contributed by atoms with E-state index in [9.17, 15) is 8.42 Å². The van der Waals surface area contributed by atoms with Crippen LogP contribution < -0.4 is 0 Å². The Kier molecular flexibility index (Phi) is 4.49. The second-order valence-corrected chi connectivity index (χ2v) is 9.37. The molecule has 1 saturated heterocycles. The summed E-state index contributed by atoms with van der Waals surface area (Å²) in [5.74, 6) is 0.462. The van der Waals surface area contributed by atoms with Crippen LogP contribution in [0.25, 0.3) is 5.57 Å². The smallest absolute Gasteiger partial charge is 0.207 e. The molecule has 2 aromatic carbocycles. The van der Waals surface area contributed by atoms with Gasteiger partial charge in [0.1, 0.15) is 0 Å². The summed E-state index contributed by atoms with van der Waals surface area (Å²) in [6, 6.07) is 14.2. The summed E-state index contributed by atoms with van der Waals surface area (Å²) < 4.78 is 27.8. The molecule has 0 bridgehead atoms. The maximum atomic E-state index is 13.1. The molecule has 1 aliphatic carbocycles. The van der Waals surface area contributed by atoms with Crippen LogP contribution in [-0.2, 0) is 16.4 Å². The molecule has 1 fully saturated rings. The molecular weight excluding hydrogens is 342 g/mol. The number of fused-ring (bicyclic) bond motifs is 1. The molecule has 0 spiro atoms. The Morgan fingerprint density at radius 3 is 2.46 bits per heavy atom. The van der Waals surface area contributed by atoms with Gasteiger partial charge < -0.3 is 0 Å². The molecule has 1 aliphatic heterocycles. The molecule has 3 nitrogen and oxygen atoms in total. The van der Waals surface area contributed by atoms with Crippen molar-refractivity contribution < 1.29 is 8.42 Å². The van der Waals surface area contributed by atoms with Crippen molar-refractivity contribution in [3.05, 3.63) is 70.8 Å². The highest BCUT2D eigenvalue weighted by Gasteiger charge is 2.32. The lowest BCUT2D eigenvalue weighted by Crippen LogP contribution is -2.38. The zero-order valence-electron chi connectivity index (χ0n) is 15.4. The first-order valence-electron chi connectivity index (χ1n) is 9.32. The normalized spacial score (nSPS) is 18.6. The van der Waals surface area contributed by atoms with Gasteiger partial charge in [0.15, 0.2) is 0 Å². The van der Waals surface area contributed by atoms with Gasteiger partial charge in [0, 0.05) is 13.1 Å². The minimum Gasteiger partial charge on any atom is -0.207 e. The van der Waals surface area contributed by atoms with Crippen molar-refractivity contribution in [2.24, 2.45) is 5.92 Å². The molecule has 0 N–H and O–H groups in total. The number of piperidine rings is 1. The molecule has 2 aromatic rings. The maximum Gasteiger partial charge on any atom is 0.243 e. The first-order valence-corrected chi connectivity index (χ1v) is 10.8. The summed E-state index contributed by atoms with van der Waals surface area (Å²) >= 11 is 0. The first kappa shape index (κ1) is 17.5. The Bertz CT molecular complexity index is 967. The van der Waals surface area contributed by atoms with Gasteiger partial charge in [0.05, 0.1) is 4.90 Å². The number of nitrogens with zero attached hydrogens (tertiary/aromatic N) is 1. The van der Waals surface area contributed by atoms with Crippen LogP contribution in [0.5, 0.6) is 0 Å². The van der Waals surface area contributed by atoms with Crippen LogP contribution in [0.2, 0.25) is 0 Å². The number of benzene rings is 2. The van der Waals surface area contributed by atoms with E-state index in [1.54, 1.807) is 10.4 Å². The van der Waals surface area contributed by atoms with Crippen molar-refractivity contribution in [3.8, 4) is 0 Å². The zero-order valence-corrected chi connectivity index (χ0v) is 16.2. The molecule has 0 radical (unpaired) electrons. The van der Waals surface area contributed by atoms with Crippen LogP contribution in [0.1, 0.15) is 35.1 Å². The van der Waals surface area contributed by atoms with Gasteiger partial charge in [-0.05, 0) is 67.4 Å². The third-order valence-electron chi connectivity index (χ3n) is 5.71. The van der Waals surface area contributed by atoms with Crippen LogP contribution in [0.3, 0.4) is 0 Å². The Balaban J connectivity index is 1.50. The summed E-state index contributed by atoms with van der Waals surface area (Å²) in [6.07, 6.45) is 5.13. The lowest BCUT2D eigenvalue weighted by Gasteiger charge is -2.32. The predicted molar refractivity (Wildman–Crippen MR) is 106 cm³/mol. The summed E-state index contributed by atoms with van der Waals surface area (Å²) in [5.41, 5.74) is 6.10. The number of aryl methyl sites for hydroxylation is 2. The minimum absolute atomic E-state index is 0.451. The molecule has 2 aliphatic rings. The van der Waals surface area contributed by atoms with Crippen LogP contribution in [0, 0.1) is 19.8 Å². The van der Waals surface area contributed by atoms with Crippen molar-refractivity contribution in [1.82, 2.24) is 4.31 Å². The molecule has 0 amide bonds. The van der Waals surface area contributed by atoms with Crippen molar-refractivity contribution in [2.45, 2.75) is 38.0 Å². The second-order valence-electron chi connectivity index (χ2n) is 7.47. The van der Waals surface area contributed by atoms with E-state index in [-0.39, 0.29) is 0 Å². The van der Waals surface area contributed by atoms with E-state index in [0.29, 0.717) is 23.9 Å². The minimum atomic E-state index is -3.40. The molecule has 0 unspecified atom stereocenters. The molecule has 136 valence electrons. The average molecular weight is 368 g/mol. The van der Waals surface area contributed by atoms with E-state index in [4.69, 9.17) is 0 Å². The molecule has 0 saturated carbocycles. The maximum absolute atomic E-state index is 13.1. The fourth-order valence-corrected chi connectivity index (χ4v) is 6.01. The van der Waals surface area contributed by atoms with Crippen molar-refractivity contribution in [1.29, 1.82) is 0 Å². The molecule has 1 heterocycles. The topological polar surface area (TPSA) is 37.4 Å². The van der Waals surface area contributed by atoms with E-state index >= 15 is 0 Å². The van der Waals surface area contributed by atoms with Crippen molar-refractivity contribution in [2.75, 3.05) is 13.1 Å². The zero-order chi connectivity index (χ0) is 18.3. The standard InChI is InChI=1S/C22H25NO2S/c1-16-7-10-22(17(2)15-16)26(24,25)23-13-11-19(12-14-23)21-9-8-18-5-3-4-6-20(18)21/h3-7,9-10,15,19H,8,11-14H2,1-2H3. The third-order valence-corrected chi connectivity index (χ3v) is 7.77. The second kappa shape index (κ2) is 6.67. The van der Waals surface area contributed by atoms with Crippen molar-refractivity contribution >= 4 is 15.6 Å². The van der Waals surface area contributed by atoms with Crippen LogP contribution in [0.4, 0.5) is 0 Å². The van der Waals surface area contributed by atoms with Gasteiger partial charge in [-0.1, -0.05) is 48.0 Å². The Labute approximate surface area is 156 Å². The quantitative estimate of drug-likeness (QED) is 0.809. The van der Waals surface area contributed by atoms with Gasteiger partial charge in [-0.3, -0.25) is 0 Å². The monoisotopic (exact) mass is 367 g/mol. The fourth-order valence-electron chi connectivity index (χ4n) is 4.33. The number of sulfonamides is 1. The van der Waals surface area contributed by atoms with Crippen molar-refractivity contribution in [3.63, 3.8) is 0 Å².